The molecule has 0 aliphatic carbocycles. The molecule has 1 N–H and O–H groups in total. The lowest BCUT2D eigenvalue weighted by Gasteiger charge is -2.14. The van der Waals surface area contributed by atoms with E-state index in [0.717, 1.165) is 4.88 Å². The first-order valence-corrected chi connectivity index (χ1v) is 7.13. The number of hydrogen-bond donors (Lipinski definition) is 1. The zero-order valence-electron chi connectivity index (χ0n) is 10.4. The van der Waals surface area contributed by atoms with Crippen LogP contribution in [0.25, 0.3) is 0 Å². The molecule has 0 saturated heterocycles. The third-order valence-corrected chi connectivity index (χ3v) is 3.61. The summed E-state index contributed by atoms with van der Waals surface area (Å²) in [6, 6.07) is 10.9. The second kappa shape index (κ2) is 6.59. The van der Waals surface area contributed by atoms with Crippen LogP contribution in [-0.2, 0) is 11.3 Å². The lowest BCUT2D eigenvalue weighted by atomic mass is 10.3. The van der Waals surface area contributed by atoms with Gasteiger partial charge < -0.3 is 10.1 Å². The average Bonchev–Trinajstić information content (AvgIpc) is 2.89. The summed E-state index contributed by atoms with van der Waals surface area (Å²) in [5, 5.41) is 5.40. The summed E-state index contributed by atoms with van der Waals surface area (Å²) >= 11 is 7.47. The molecule has 1 atom stereocenters. The van der Waals surface area contributed by atoms with E-state index in [1.165, 1.54) is 0 Å². The molecule has 5 heteroatoms. The molecule has 1 aromatic carbocycles. The highest BCUT2D eigenvalue weighted by Crippen LogP contribution is 2.18. The van der Waals surface area contributed by atoms with Crippen LogP contribution in [0.2, 0.25) is 5.02 Å². The molecule has 1 aromatic heterocycles. The Morgan fingerprint density at radius 3 is 2.95 bits per heavy atom. The largest absolute Gasteiger partial charge is 0.481 e. The number of thiophene rings is 1. The lowest BCUT2D eigenvalue weighted by molar-refractivity contribution is -0.127. The minimum absolute atomic E-state index is 0.145. The van der Waals surface area contributed by atoms with Crippen LogP contribution in [0.1, 0.15) is 11.8 Å². The van der Waals surface area contributed by atoms with E-state index < -0.39 is 6.10 Å². The minimum atomic E-state index is -0.557. The van der Waals surface area contributed by atoms with E-state index in [1.54, 1.807) is 42.5 Å². The molecule has 19 heavy (non-hydrogen) atoms. The Balaban J connectivity index is 1.85. The Morgan fingerprint density at radius 1 is 1.42 bits per heavy atom. The first-order chi connectivity index (χ1) is 9.15. The minimum Gasteiger partial charge on any atom is -0.481 e. The van der Waals surface area contributed by atoms with E-state index in [0.29, 0.717) is 17.3 Å². The van der Waals surface area contributed by atoms with Gasteiger partial charge in [-0.2, -0.15) is 0 Å². The van der Waals surface area contributed by atoms with Crippen molar-refractivity contribution in [3.63, 3.8) is 0 Å². The molecule has 0 fully saturated rings. The Morgan fingerprint density at radius 2 is 2.26 bits per heavy atom. The van der Waals surface area contributed by atoms with Crippen LogP contribution in [0.5, 0.6) is 5.75 Å². The van der Waals surface area contributed by atoms with Crippen LogP contribution in [0.3, 0.4) is 0 Å². The van der Waals surface area contributed by atoms with Crippen molar-refractivity contribution in [2.24, 2.45) is 0 Å². The SMILES string of the molecule is CC(Oc1cccc(Cl)c1)C(=O)NCc1cccs1. The van der Waals surface area contributed by atoms with Gasteiger partial charge in [-0.05, 0) is 36.6 Å². The summed E-state index contributed by atoms with van der Waals surface area (Å²) < 4.78 is 5.53. The maximum Gasteiger partial charge on any atom is 0.261 e. The molecule has 2 aromatic rings. The fraction of sp³-hybridized carbons (Fsp3) is 0.214. The van der Waals surface area contributed by atoms with E-state index in [9.17, 15) is 4.79 Å². The smallest absolute Gasteiger partial charge is 0.261 e. The Bertz CT molecular complexity index is 542. The fourth-order valence-corrected chi connectivity index (χ4v) is 2.35. The third-order valence-electron chi connectivity index (χ3n) is 2.50. The zero-order chi connectivity index (χ0) is 13.7. The van der Waals surface area contributed by atoms with Gasteiger partial charge in [0.25, 0.3) is 5.91 Å². The van der Waals surface area contributed by atoms with E-state index in [1.807, 2.05) is 17.5 Å². The van der Waals surface area contributed by atoms with Gasteiger partial charge in [0, 0.05) is 9.90 Å². The van der Waals surface area contributed by atoms with Crippen LogP contribution < -0.4 is 10.1 Å². The highest BCUT2D eigenvalue weighted by atomic mass is 35.5. The topological polar surface area (TPSA) is 38.3 Å². The van der Waals surface area contributed by atoms with Crippen molar-refractivity contribution in [2.45, 2.75) is 19.6 Å². The van der Waals surface area contributed by atoms with Crippen molar-refractivity contribution in [1.82, 2.24) is 5.32 Å². The lowest BCUT2D eigenvalue weighted by Crippen LogP contribution is -2.35. The predicted molar refractivity (Wildman–Crippen MR) is 77.7 cm³/mol. The molecular formula is C14H14ClNO2S. The maximum atomic E-state index is 11.9. The van der Waals surface area contributed by atoms with Gasteiger partial charge in [0.05, 0.1) is 6.54 Å². The van der Waals surface area contributed by atoms with E-state index >= 15 is 0 Å². The van der Waals surface area contributed by atoms with Gasteiger partial charge in [-0.25, -0.2) is 0 Å². The van der Waals surface area contributed by atoms with Crippen molar-refractivity contribution in [3.8, 4) is 5.75 Å². The van der Waals surface area contributed by atoms with Crippen LogP contribution >= 0.6 is 22.9 Å². The number of ether oxygens (including phenoxy) is 1. The van der Waals surface area contributed by atoms with Crippen molar-refractivity contribution in [3.05, 3.63) is 51.7 Å². The first-order valence-electron chi connectivity index (χ1n) is 5.87. The summed E-state index contributed by atoms with van der Waals surface area (Å²) in [4.78, 5) is 13.0. The zero-order valence-corrected chi connectivity index (χ0v) is 12.0. The molecule has 0 radical (unpaired) electrons. The van der Waals surface area contributed by atoms with Gasteiger partial charge in [-0.1, -0.05) is 23.7 Å². The van der Waals surface area contributed by atoms with E-state index in [-0.39, 0.29) is 5.91 Å². The molecule has 0 aliphatic heterocycles. The summed E-state index contributed by atoms with van der Waals surface area (Å²) in [7, 11) is 0. The highest BCUT2D eigenvalue weighted by molar-refractivity contribution is 7.09. The van der Waals surface area contributed by atoms with Gasteiger partial charge >= 0.3 is 0 Å². The van der Waals surface area contributed by atoms with Crippen molar-refractivity contribution >= 4 is 28.8 Å². The second-order valence-corrected chi connectivity index (χ2v) is 5.48. The number of halogens is 1. The first kappa shape index (κ1) is 13.9. The van der Waals surface area contributed by atoms with Gasteiger partial charge in [-0.3, -0.25) is 4.79 Å². The molecule has 3 nitrogen and oxygen atoms in total. The Kier molecular flexibility index (Phi) is 4.82. The van der Waals surface area contributed by atoms with Gasteiger partial charge in [-0.15, -0.1) is 11.3 Å². The van der Waals surface area contributed by atoms with Crippen LogP contribution in [0.4, 0.5) is 0 Å². The van der Waals surface area contributed by atoms with Gasteiger partial charge in [0.15, 0.2) is 6.10 Å². The number of nitrogens with one attached hydrogen (secondary N) is 1. The normalized spacial score (nSPS) is 11.9. The quantitative estimate of drug-likeness (QED) is 0.917. The Hall–Kier alpha value is -1.52. The Labute approximate surface area is 121 Å². The molecule has 1 heterocycles. The van der Waals surface area contributed by atoms with Crippen LogP contribution in [0.15, 0.2) is 41.8 Å². The maximum absolute atomic E-state index is 11.9. The monoisotopic (exact) mass is 295 g/mol. The third kappa shape index (κ3) is 4.26. The summed E-state index contributed by atoms with van der Waals surface area (Å²) in [5.74, 6) is 0.444. The van der Waals surface area contributed by atoms with Gasteiger partial charge in [0.2, 0.25) is 0 Å². The fourth-order valence-electron chi connectivity index (χ4n) is 1.53. The summed E-state index contributed by atoms with van der Waals surface area (Å²) in [5.41, 5.74) is 0. The van der Waals surface area contributed by atoms with E-state index in [4.69, 9.17) is 16.3 Å². The number of carbonyl (C=O) groups excluding carboxylic acids is 1. The van der Waals surface area contributed by atoms with Crippen LogP contribution in [-0.4, -0.2) is 12.0 Å². The standard InChI is InChI=1S/C14H14ClNO2S/c1-10(18-12-5-2-4-11(15)8-12)14(17)16-9-13-6-3-7-19-13/h2-8,10H,9H2,1H3,(H,16,17). The molecular weight excluding hydrogens is 282 g/mol. The molecule has 0 saturated carbocycles. The average molecular weight is 296 g/mol. The number of amides is 1. The number of benzene rings is 1. The second-order valence-electron chi connectivity index (χ2n) is 4.01. The van der Waals surface area contributed by atoms with Crippen molar-refractivity contribution < 1.29 is 9.53 Å². The summed E-state index contributed by atoms with van der Waals surface area (Å²) in [6.45, 7) is 2.24. The molecule has 1 amide bonds. The van der Waals surface area contributed by atoms with Crippen molar-refractivity contribution in [2.75, 3.05) is 0 Å². The molecule has 0 aliphatic rings. The number of hydrogen-bond acceptors (Lipinski definition) is 3. The van der Waals surface area contributed by atoms with Crippen molar-refractivity contribution in [1.29, 1.82) is 0 Å². The molecule has 0 bridgehead atoms. The molecule has 2 rings (SSSR count). The summed E-state index contributed by atoms with van der Waals surface area (Å²) in [6.07, 6.45) is -0.557. The van der Waals surface area contributed by atoms with E-state index in [2.05, 4.69) is 5.32 Å². The predicted octanol–water partition coefficient (Wildman–Crippen LogP) is 3.49. The highest BCUT2D eigenvalue weighted by Gasteiger charge is 2.14. The molecule has 100 valence electrons. The van der Waals surface area contributed by atoms with Gasteiger partial charge in [0.1, 0.15) is 5.75 Å². The number of rotatable bonds is 5. The molecule has 0 spiro atoms. The van der Waals surface area contributed by atoms with Crippen LogP contribution in [0, 0.1) is 0 Å². The molecule has 1 unspecified atom stereocenters. The number of carbonyl (C=O) groups is 1.